The van der Waals surface area contributed by atoms with Crippen LogP contribution in [-0.2, 0) is 11.3 Å². The highest BCUT2D eigenvalue weighted by Gasteiger charge is 2.12. The van der Waals surface area contributed by atoms with Gasteiger partial charge in [-0.1, -0.05) is 24.3 Å². The van der Waals surface area contributed by atoms with E-state index in [0.717, 1.165) is 22.3 Å². The molecule has 0 radical (unpaired) electrons. The Balaban J connectivity index is 1.50. The minimum Gasteiger partial charge on any atom is -0.459 e. The second-order valence-corrected chi connectivity index (χ2v) is 5.43. The zero-order valence-electron chi connectivity index (χ0n) is 13.0. The lowest BCUT2D eigenvalue weighted by molar-refractivity contribution is -0.120. The molecule has 0 aliphatic rings. The van der Waals surface area contributed by atoms with Crippen LogP contribution in [0.25, 0.3) is 11.0 Å². The molecule has 0 saturated carbocycles. The Morgan fingerprint density at radius 1 is 1.26 bits per heavy atom. The monoisotopic (exact) mass is 309 g/mol. The molecule has 0 unspecified atom stereocenters. The molecule has 0 spiro atoms. The molecule has 23 heavy (non-hydrogen) atoms. The van der Waals surface area contributed by atoms with Crippen LogP contribution < -0.4 is 10.6 Å². The minimum atomic E-state index is -0.0585. The maximum absolute atomic E-state index is 11.9. The number of furan rings is 1. The number of fused-ring (bicyclic) bond motifs is 1. The maximum Gasteiger partial charge on any atom is 0.234 e. The molecule has 2 aromatic heterocycles. The van der Waals surface area contributed by atoms with E-state index in [1.807, 2.05) is 49.4 Å². The average molecular weight is 309 g/mol. The van der Waals surface area contributed by atoms with Crippen LogP contribution >= 0.6 is 0 Å². The van der Waals surface area contributed by atoms with Crippen LogP contribution in [0.4, 0.5) is 0 Å². The van der Waals surface area contributed by atoms with Crippen LogP contribution in [0.3, 0.4) is 0 Å². The first-order valence-electron chi connectivity index (χ1n) is 7.60. The van der Waals surface area contributed by atoms with Gasteiger partial charge in [0.15, 0.2) is 0 Å². The second kappa shape index (κ2) is 7.07. The lowest BCUT2D eigenvalue weighted by Gasteiger charge is -2.11. The maximum atomic E-state index is 11.9. The van der Waals surface area contributed by atoms with Gasteiger partial charge in [-0.2, -0.15) is 0 Å². The Morgan fingerprint density at radius 2 is 2.13 bits per heavy atom. The number of nitrogens with zero attached hydrogens (tertiary/aromatic N) is 1. The zero-order valence-corrected chi connectivity index (χ0v) is 13.0. The van der Waals surface area contributed by atoms with Gasteiger partial charge in [-0.15, -0.1) is 0 Å². The third-order valence-electron chi connectivity index (χ3n) is 3.65. The summed E-state index contributed by atoms with van der Waals surface area (Å²) in [6, 6.07) is 13.6. The zero-order chi connectivity index (χ0) is 16.1. The molecular formula is C18H19N3O2. The molecule has 0 fully saturated rings. The van der Waals surface area contributed by atoms with Crippen LogP contribution in [0.2, 0.25) is 0 Å². The Morgan fingerprint density at radius 3 is 2.91 bits per heavy atom. The molecule has 5 heteroatoms. The number of benzene rings is 1. The van der Waals surface area contributed by atoms with Gasteiger partial charge in [0.05, 0.1) is 12.6 Å². The summed E-state index contributed by atoms with van der Waals surface area (Å²) in [4.78, 5) is 15.9. The van der Waals surface area contributed by atoms with Gasteiger partial charge in [-0.05, 0) is 30.7 Å². The topological polar surface area (TPSA) is 67.2 Å². The van der Waals surface area contributed by atoms with E-state index >= 15 is 0 Å². The van der Waals surface area contributed by atoms with Crippen molar-refractivity contribution in [3.05, 3.63) is 66.2 Å². The van der Waals surface area contributed by atoms with Gasteiger partial charge in [0.25, 0.3) is 0 Å². The molecule has 2 N–H and O–H groups in total. The predicted molar refractivity (Wildman–Crippen MR) is 88.7 cm³/mol. The van der Waals surface area contributed by atoms with Crippen LogP contribution in [0, 0.1) is 0 Å². The highest BCUT2D eigenvalue weighted by Crippen LogP contribution is 2.23. The molecule has 118 valence electrons. The quantitative estimate of drug-likeness (QED) is 0.735. The van der Waals surface area contributed by atoms with Crippen molar-refractivity contribution in [1.82, 2.24) is 15.6 Å². The van der Waals surface area contributed by atoms with Crippen molar-refractivity contribution < 1.29 is 9.21 Å². The van der Waals surface area contributed by atoms with Crippen molar-refractivity contribution in [2.45, 2.75) is 19.5 Å². The van der Waals surface area contributed by atoms with E-state index in [2.05, 4.69) is 15.6 Å². The van der Waals surface area contributed by atoms with Gasteiger partial charge in [-0.25, -0.2) is 0 Å². The van der Waals surface area contributed by atoms with Gasteiger partial charge < -0.3 is 9.73 Å². The lowest BCUT2D eigenvalue weighted by Crippen LogP contribution is -2.34. The van der Waals surface area contributed by atoms with Gasteiger partial charge in [-0.3, -0.25) is 15.1 Å². The fraction of sp³-hybridized carbons (Fsp3) is 0.222. The summed E-state index contributed by atoms with van der Waals surface area (Å²) in [5, 5.41) is 7.10. The number of hydrogen-bond donors (Lipinski definition) is 2. The van der Waals surface area contributed by atoms with Crippen molar-refractivity contribution in [2.75, 3.05) is 6.54 Å². The summed E-state index contributed by atoms with van der Waals surface area (Å²) in [6.45, 7) is 2.69. The molecule has 0 aliphatic heterocycles. The number of amides is 1. The molecule has 0 saturated heterocycles. The molecule has 1 amide bonds. The first-order valence-corrected chi connectivity index (χ1v) is 7.60. The van der Waals surface area contributed by atoms with Crippen molar-refractivity contribution >= 4 is 16.9 Å². The van der Waals surface area contributed by atoms with Gasteiger partial charge >= 0.3 is 0 Å². The van der Waals surface area contributed by atoms with Crippen molar-refractivity contribution in [3.63, 3.8) is 0 Å². The summed E-state index contributed by atoms with van der Waals surface area (Å²) in [5.74, 6) is 0.767. The minimum absolute atomic E-state index is 0.0356. The summed E-state index contributed by atoms with van der Waals surface area (Å²) in [6.07, 6.45) is 3.45. The highest BCUT2D eigenvalue weighted by atomic mass is 16.3. The molecule has 3 rings (SSSR count). The molecule has 0 bridgehead atoms. The standard InChI is InChI=1S/C18H19N3O2/c1-13(17-9-15-6-2-3-7-16(15)23-17)20-12-18(22)21-11-14-5-4-8-19-10-14/h2-10,13,20H,11-12H2,1H3,(H,21,22)/t13-/m0/s1. The van der Waals surface area contributed by atoms with E-state index in [0.29, 0.717) is 6.54 Å². The number of aromatic nitrogens is 1. The van der Waals surface area contributed by atoms with E-state index < -0.39 is 0 Å². The van der Waals surface area contributed by atoms with Crippen molar-refractivity contribution in [3.8, 4) is 0 Å². The Kier molecular flexibility index (Phi) is 4.68. The number of carbonyl (C=O) groups is 1. The normalized spacial score (nSPS) is 12.2. The first kappa shape index (κ1) is 15.2. The van der Waals surface area contributed by atoms with E-state index in [1.165, 1.54) is 0 Å². The summed E-state index contributed by atoms with van der Waals surface area (Å²) < 4.78 is 5.79. The number of nitrogens with one attached hydrogen (secondary N) is 2. The Hall–Kier alpha value is -2.66. The number of hydrogen-bond acceptors (Lipinski definition) is 4. The number of pyridine rings is 1. The van der Waals surface area contributed by atoms with E-state index in [1.54, 1.807) is 12.4 Å². The van der Waals surface area contributed by atoms with E-state index in [9.17, 15) is 4.79 Å². The molecule has 1 atom stereocenters. The van der Waals surface area contributed by atoms with Crippen LogP contribution in [0.5, 0.6) is 0 Å². The van der Waals surface area contributed by atoms with Crippen molar-refractivity contribution in [1.29, 1.82) is 0 Å². The molecule has 3 aromatic rings. The van der Waals surface area contributed by atoms with Gasteiger partial charge in [0, 0.05) is 24.3 Å². The Bertz CT molecular complexity index is 750. The average Bonchev–Trinajstić information content (AvgIpc) is 3.03. The van der Waals surface area contributed by atoms with Crippen molar-refractivity contribution in [2.24, 2.45) is 0 Å². The largest absolute Gasteiger partial charge is 0.459 e. The smallest absolute Gasteiger partial charge is 0.234 e. The molecule has 5 nitrogen and oxygen atoms in total. The number of carbonyl (C=O) groups excluding carboxylic acids is 1. The number of para-hydroxylation sites is 1. The first-order chi connectivity index (χ1) is 11.2. The molecule has 2 heterocycles. The fourth-order valence-electron chi connectivity index (χ4n) is 2.33. The summed E-state index contributed by atoms with van der Waals surface area (Å²) in [5.41, 5.74) is 1.84. The third-order valence-corrected chi connectivity index (χ3v) is 3.65. The Labute approximate surface area is 134 Å². The molecule has 0 aliphatic carbocycles. The van der Waals surface area contributed by atoms with Crippen LogP contribution in [0.15, 0.2) is 59.3 Å². The van der Waals surface area contributed by atoms with Gasteiger partial charge in [0.2, 0.25) is 5.91 Å². The predicted octanol–water partition coefficient (Wildman–Crippen LogP) is 2.79. The van der Waals surface area contributed by atoms with Crippen LogP contribution in [-0.4, -0.2) is 17.4 Å². The summed E-state index contributed by atoms with van der Waals surface area (Å²) >= 11 is 0. The summed E-state index contributed by atoms with van der Waals surface area (Å²) in [7, 11) is 0. The van der Waals surface area contributed by atoms with E-state index in [-0.39, 0.29) is 18.5 Å². The lowest BCUT2D eigenvalue weighted by atomic mass is 10.2. The highest BCUT2D eigenvalue weighted by molar-refractivity contribution is 5.78. The van der Waals surface area contributed by atoms with Gasteiger partial charge in [0.1, 0.15) is 11.3 Å². The number of rotatable bonds is 6. The molecule has 1 aromatic carbocycles. The van der Waals surface area contributed by atoms with Crippen LogP contribution in [0.1, 0.15) is 24.3 Å². The third kappa shape index (κ3) is 3.96. The fourth-order valence-corrected chi connectivity index (χ4v) is 2.33. The second-order valence-electron chi connectivity index (χ2n) is 5.43. The SMILES string of the molecule is C[C@H](NCC(=O)NCc1cccnc1)c1cc2ccccc2o1. The molecular weight excluding hydrogens is 290 g/mol. The van der Waals surface area contributed by atoms with E-state index in [4.69, 9.17) is 4.42 Å².